The third-order valence-corrected chi connectivity index (χ3v) is 3.88. The molecule has 0 fully saturated rings. The second kappa shape index (κ2) is 5.91. The van der Waals surface area contributed by atoms with Crippen molar-refractivity contribution in [2.24, 2.45) is 0 Å². The summed E-state index contributed by atoms with van der Waals surface area (Å²) in [5.41, 5.74) is 0.656. The third-order valence-electron chi connectivity index (χ3n) is 3.88. The van der Waals surface area contributed by atoms with Gasteiger partial charge in [-0.05, 0) is 26.8 Å². The van der Waals surface area contributed by atoms with E-state index < -0.39 is 17.6 Å². The molecule has 0 bridgehead atoms. The predicted octanol–water partition coefficient (Wildman–Crippen LogP) is 3.43. The quantitative estimate of drug-likeness (QED) is 0.861. The lowest BCUT2D eigenvalue weighted by molar-refractivity contribution is 0.552. The molecule has 0 aromatic heterocycles. The van der Waals surface area contributed by atoms with E-state index in [1.54, 1.807) is 19.9 Å². The Morgan fingerprint density at radius 3 is 1.87 bits per heavy atom. The molecule has 6 heteroatoms. The van der Waals surface area contributed by atoms with Crippen molar-refractivity contribution in [1.82, 2.24) is 5.32 Å². The van der Waals surface area contributed by atoms with E-state index in [9.17, 15) is 19.3 Å². The average Bonchev–Trinajstić information content (AvgIpc) is 2.52. The van der Waals surface area contributed by atoms with Crippen molar-refractivity contribution in [3.05, 3.63) is 56.9 Å². The first-order valence-electron chi connectivity index (χ1n) is 6.74. The van der Waals surface area contributed by atoms with Gasteiger partial charge in [0.1, 0.15) is 17.7 Å². The van der Waals surface area contributed by atoms with Crippen LogP contribution in [0.25, 0.3) is 0 Å². The molecule has 0 spiro atoms. The Labute approximate surface area is 132 Å². The van der Waals surface area contributed by atoms with Crippen LogP contribution in [0.2, 0.25) is 0 Å². The van der Waals surface area contributed by atoms with Gasteiger partial charge < -0.3 is 5.32 Å². The van der Waals surface area contributed by atoms with Gasteiger partial charge in [-0.15, -0.1) is 0 Å². The van der Waals surface area contributed by atoms with Crippen LogP contribution in [0.3, 0.4) is 0 Å². The summed E-state index contributed by atoms with van der Waals surface area (Å²) in [5, 5.41) is 30.7. The molecule has 4 nitrogen and oxygen atoms in total. The number of nitriles is 3. The van der Waals surface area contributed by atoms with E-state index in [0.29, 0.717) is 11.4 Å². The highest BCUT2D eigenvalue weighted by Crippen LogP contribution is 2.39. The number of rotatable bonds is 1. The molecule has 0 saturated heterocycles. The number of dihydropyridines is 1. The number of hydrogen-bond acceptors (Lipinski definition) is 4. The zero-order valence-corrected chi connectivity index (χ0v) is 12.8. The van der Waals surface area contributed by atoms with E-state index in [-0.39, 0.29) is 27.8 Å². The highest BCUT2D eigenvalue weighted by Gasteiger charge is 2.33. The number of allylic oxidation sites excluding steroid dienone is 4. The SMILES string of the molecule is CC1=C(C#N)C(c2cc(C#N)c(F)c(C)c2F)C(C#N)=C(C)N1. The second-order valence-electron chi connectivity index (χ2n) is 5.24. The van der Waals surface area contributed by atoms with E-state index in [2.05, 4.69) is 5.32 Å². The van der Waals surface area contributed by atoms with Crippen LogP contribution in [0.4, 0.5) is 8.78 Å². The number of hydrogen-bond donors (Lipinski definition) is 1. The highest BCUT2D eigenvalue weighted by atomic mass is 19.1. The molecule has 1 aliphatic heterocycles. The Kier molecular flexibility index (Phi) is 4.16. The maximum Gasteiger partial charge on any atom is 0.146 e. The van der Waals surface area contributed by atoms with Crippen LogP contribution in [-0.4, -0.2) is 0 Å². The van der Waals surface area contributed by atoms with Crippen molar-refractivity contribution in [1.29, 1.82) is 15.8 Å². The predicted molar refractivity (Wildman–Crippen MR) is 78.3 cm³/mol. The van der Waals surface area contributed by atoms with Gasteiger partial charge in [-0.25, -0.2) is 8.78 Å². The second-order valence-corrected chi connectivity index (χ2v) is 5.24. The molecule has 23 heavy (non-hydrogen) atoms. The smallest absolute Gasteiger partial charge is 0.146 e. The van der Waals surface area contributed by atoms with Crippen molar-refractivity contribution < 1.29 is 8.78 Å². The van der Waals surface area contributed by atoms with E-state index in [1.807, 2.05) is 12.1 Å². The van der Waals surface area contributed by atoms with Crippen molar-refractivity contribution in [2.75, 3.05) is 0 Å². The Balaban J connectivity index is 2.85. The van der Waals surface area contributed by atoms with Crippen molar-refractivity contribution in [3.8, 4) is 18.2 Å². The summed E-state index contributed by atoms with van der Waals surface area (Å²) >= 11 is 0. The van der Waals surface area contributed by atoms with Gasteiger partial charge in [-0.3, -0.25) is 0 Å². The highest BCUT2D eigenvalue weighted by molar-refractivity contribution is 5.57. The van der Waals surface area contributed by atoms with Crippen molar-refractivity contribution >= 4 is 0 Å². The van der Waals surface area contributed by atoms with Gasteiger partial charge >= 0.3 is 0 Å². The fourth-order valence-electron chi connectivity index (χ4n) is 2.69. The van der Waals surface area contributed by atoms with Gasteiger partial charge in [-0.1, -0.05) is 0 Å². The average molecular weight is 310 g/mol. The molecule has 0 saturated carbocycles. The zero-order chi connectivity index (χ0) is 17.3. The molecule has 1 aromatic rings. The van der Waals surface area contributed by atoms with E-state index in [1.165, 1.54) is 6.92 Å². The zero-order valence-electron chi connectivity index (χ0n) is 12.8. The molecule has 1 aromatic carbocycles. The van der Waals surface area contributed by atoms with Gasteiger partial charge in [0.2, 0.25) is 0 Å². The number of halogens is 2. The molecule has 1 aliphatic rings. The van der Waals surface area contributed by atoms with E-state index >= 15 is 0 Å². The van der Waals surface area contributed by atoms with Crippen molar-refractivity contribution in [3.63, 3.8) is 0 Å². The standard InChI is InChI=1S/C17H12F2N4/c1-8-16(18)11(5-20)4-12(17(8)19)15-13(6-21)9(2)23-10(3)14(15)7-22/h4,15,23H,1-3H3. The normalized spacial score (nSPS) is 14.9. The first-order valence-corrected chi connectivity index (χ1v) is 6.74. The molecule has 0 amide bonds. The minimum atomic E-state index is -0.961. The summed E-state index contributed by atoms with van der Waals surface area (Å²) in [6.07, 6.45) is 0. The molecule has 0 radical (unpaired) electrons. The maximum atomic E-state index is 14.6. The van der Waals surface area contributed by atoms with Gasteiger partial charge in [0.05, 0.1) is 34.8 Å². The maximum absolute atomic E-state index is 14.6. The Bertz CT molecular complexity index is 853. The minimum absolute atomic E-state index is 0.0475. The summed E-state index contributed by atoms with van der Waals surface area (Å²) in [6, 6.07) is 6.70. The van der Waals surface area contributed by atoms with E-state index in [0.717, 1.165) is 6.07 Å². The molecule has 0 unspecified atom stereocenters. The minimum Gasteiger partial charge on any atom is -0.361 e. The molecular weight excluding hydrogens is 298 g/mol. The first-order chi connectivity index (χ1) is 10.9. The summed E-state index contributed by atoms with van der Waals surface area (Å²) < 4.78 is 28.5. The lowest BCUT2D eigenvalue weighted by Crippen LogP contribution is -2.24. The Hall–Kier alpha value is -3.17. The third kappa shape index (κ3) is 2.43. The summed E-state index contributed by atoms with van der Waals surface area (Å²) in [5.74, 6) is -2.74. The van der Waals surface area contributed by atoms with Gasteiger partial charge in [0.15, 0.2) is 0 Å². The molecule has 2 rings (SSSR count). The fraction of sp³-hybridized carbons (Fsp3) is 0.235. The van der Waals surface area contributed by atoms with Gasteiger partial charge in [0.25, 0.3) is 0 Å². The summed E-state index contributed by atoms with van der Waals surface area (Å²) in [4.78, 5) is 0. The largest absolute Gasteiger partial charge is 0.361 e. The van der Waals surface area contributed by atoms with E-state index in [4.69, 9.17) is 5.26 Å². The van der Waals surface area contributed by atoms with Gasteiger partial charge in [0, 0.05) is 22.5 Å². The van der Waals surface area contributed by atoms with Crippen molar-refractivity contribution in [2.45, 2.75) is 26.7 Å². The van der Waals surface area contributed by atoms with Crippen LogP contribution in [0.5, 0.6) is 0 Å². The number of nitrogens with zero attached hydrogens (tertiary/aromatic N) is 3. The van der Waals surface area contributed by atoms with Crippen LogP contribution < -0.4 is 5.32 Å². The topological polar surface area (TPSA) is 83.4 Å². The number of nitrogens with one attached hydrogen (secondary N) is 1. The molecule has 0 aliphatic carbocycles. The molecular formula is C17H12F2N4. The van der Waals surface area contributed by atoms with Crippen LogP contribution in [0.15, 0.2) is 28.6 Å². The molecule has 0 atom stereocenters. The summed E-state index contributed by atoms with van der Waals surface area (Å²) in [7, 11) is 0. The fourth-order valence-corrected chi connectivity index (χ4v) is 2.69. The van der Waals surface area contributed by atoms with Crippen LogP contribution in [-0.2, 0) is 0 Å². The lowest BCUT2D eigenvalue weighted by Gasteiger charge is -2.27. The Morgan fingerprint density at radius 1 is 0.913 bits per heavy atom. The van der Waals surface area contributed by atoms with Crippen LogP contribution in [0, 0.1) is 52.6 Å². The molecule has 1 N–H and O–H groups in total. The van der Waals surface area contributed by atoms with Gasteiger partial charge in [-0.2, -0.15) is 15.8 Å². The molecule has 114 valence electrons. The summed E-state index contributed by atoms with van der Waals surface area (Å²) in [6.45, 7) is 4.51. The van der Waals surface area contributed by atoms with Crippen LogP contribution >= 0.6 is 0 Å². The monoisotopic (exact) mass is 310 g/mol. The van der Waals surface area contributed by atoms with Crippen LogP contribution in [0.1, 0.15) is 36.5 Å². The number of benzene rings is 1. The molecule has 1 heterocycles. The first kappa shape index (κ1) is 16.2. The Morgan fingerprint density at radius 2 is 1.43 bits per heavy atom. The lowest BCUT2D eigenvalue weighted by atomic mass is 9.80.